The van der Waals surface area contributed by atoms with E-state index in [0.717, 1.165) is 12.1 Å². The van der Waals surface area contributed by atoms with Gasteiger partial charge in [0.05, 0.1) is 11.5 Å². The average Bonchev–Trinajstić information content (AvgIpc) is 2.69. The third kappa shape index (κ3) is 4.88. The number of ether oxygens (including phenoxy) is 1. The van der Waals surface area contributed by atoms with Gasteiger partial charge in [0.2, 0.25) is 10.0 Å². The summed E-state index contributed by atoms with van der Waals surface area (Å²) in [6.45, 7) is 3.38. The Bertz CT molecular complexity index is 906. The van der Waals surface area contributed by atoms with Gasteiger partial charge >= 0.3 is 0 Å². The third-order valence-corrected chi connectivity index (χ3v) is 6.18. The molecular formula is C20H23FN2O4S. The summed E-state index contributed by atoms with van der Waals surface area (Å²) in [5.74, 6) is 0.149. The highest BCUT2D eigenvalue weighted by molar-refractivity contribution is 7.89. The first-order valence-electron chi connectivity index (χ1n) is 9.19. The largest absolute Gasteiger partial charge is 0.494 e. The molecule has 8 heteroatoms. The van der Waals surface area contributed by atoms with Crippen LogP contribution < -0.4 is 9.46 Å². The first-order chi connectivity index (χ1) is 13.4. The number of nitrogens with one attached hydrogen (secondary N) is 1. The van der Waals surface area contributed by atoms with Gasteiger partial charge in [-0.05, 0) is 68.3 Å². The summed E-state index contributed by atoms with van der Waals surface area (Å²) in [5, 5.41) is 0. The molecule has 0 unspecified atom stereocenters. The van der Waals surface area contributed by atoms with Gasteiger partial charge in [0.1, 0.15) is 11.6 Å². The highest BCUT2D eigenvalue weighted by atomic mass is 32.2. The number of carbonyl (C=O) groups excluding carboxylic acids is 1. The summed E-state index contributed by atoms with van der Waals surface area (Å²) in [6, 6.07) is 11.4. The summed E-state index contributed by atoms with van der Waals surface area (Å²) in [7, 11) is -3.71. The molecule has 1 fully saturated rings. The molecule has 0 aliphatic carbocycles. The van der Waals surface area contributed by atoms with Gasteiger partial charge in [-0.25, -0.2) is 17.5 Å². The number of piperidine rings is 1. The summed E-state index contributed by atoms with van der Waals surface area (Å²) in [4.78, 5) is 14.4. The van der Waals surface area contributed by atoms with Crippen molar-refractivity contribution < 1.29 is 22.3 Å². The molecule has 1 amide bonds. The Hall–Kier alpha value is -2.45. The number of benzene rings is 2. The molecule has 0 bridgehead atoms. The second kappa shape index (κ2) is 8.70. The maximum absolute atomic E-state index is 13.0. The van der Waals surface area contributed by atoms with Crippen LogP contribution in [-0.4, -0.2) is 45.0 Å². The van der Waals surface area contributed by atoms with Gasteiger partial charge < -0.3 is 9.64 Å². The number of halogens is 1. The van der Waals surface area contributed by atoms with Crippen LogP contribution in [-0.2, 0) is 10.0 Å². The lowest BCUT2D eigenvalue weighted by Gasteiger charge is -2.32. The van der Waals surface area contributed by atoms with Crippen LogP contribution in [0, 0.1) is 5.82 Å². The Balaban J connectivity index is 1.56. The minimum Gasteiger partial charge on any atom is -0.494 e. The van der Waals surface area contributed by atoms with Crippen molar-refractivity contribution in [1.82, 2.24) is 9.62 Å². The van der Waals surface area contributed by atoms with Crippen molar-refractivity contribution in [3.63, 3.8) is 0 Å². The molecule has 0 saturated carbocycles. The van der Waals surface area contributed by atoms with E-state index in [1.807, 2.05) is 6.92 Å². The van der Waals surface area contributed by atoms with Gasteiger partial charge in [-0.1, -0.05) is 0 Å². The van der Waals surface area contributed by atoms with Crippen molar-refractivity contribution in [2.75, 3.05) is 19.7 Å². The molecule has 0 radical (unpaired) electrons. The van der Waals surface area contributed by atoms with Crippen LogP contribution >= 0.6 is 0 Å². The maximum Gasteiger partial charge on any atom is 0.253 e. The fourth-order valence-corrected chi connectivity index (χ4v) is 4.45. The SMILES string of the molecule is CCOc1ccc(C(=O)N2CCC(NS(=O)(=O)c3ccc(F)cc3)CC2)cc1. The van der Waals surface area contributed by atoms with Crippen LogP contribution in [0.3, 0.4) is 0 Å². The molecule has 1 saturated heterocycles. The minimum atomic E-state index is -3.71. The molecule has 0 aromatic heterocycles. The van der Waals surface area contributed by atoms with E-state index >= 15 is 0 Å². The lowest BCUT2D eigenvalue weighted by atomic mass is 10.0. The highest BCUT2D eigenvalue weighted by Crippen LogP contribution is 2.19. The van der Waals surface area contributed by atoms with E-state index < -0.39 is 15.8 Å². The fourth-order valence-electron chi connectivity index (χ4n) is 3.14. The number of hydrogen-bond donors (Lipinski definition) is 1. The van der Waals surface area contributed by atoms with Crippen LogP contribution in [0.4, 0.5) is 4.39 Å². The smallest absolute Gasteiger partial charge is 0.253 e. The molecule has 0 atom stereocenters. The molecule has 2 aromatic rings. The average molecular weight is 406 g/mol. The van der Waals surface area contributed by atoms with Crippen molar-refractivity contribution in [2.24, 2.45) is 0 Å². The van der Waals surface area contributed by atoms with Gasteiger partial charge in [-0.3, -0.25) is 4.79 Å². The zero-order chi connectivity index (χ0) is 20.1. The lowest BCUT2D eigenvalue weighted by Crippen LogP contribution is -2.46. The first kappa shape index (κ1) is 20.3. The lowest BCUT2D eigenvalue weighted by molar-refractivity contribution is 0.0711. The number of likely N-dealkylation sites (tertiary alicyclic amines) is 1. The molecule has 3 rings (SSSR count). The first-order valence-corrected chi connectivity index (χ1v) is 10.7. The number of amides is 1. The van der Waals surface area contributed by atoms with Gasteiger partial charge in [-0.2, -0.15) is 0 Å². The molecule has 2 aromatic carbocycles. The topological polar surface area (TPSA) is 75.7 Å². The number of carbonyl (C=O) groups is 1. The molecule has 0 spiro atoms. The number of sulfonamides is 1. The van der Waals surface area contributed by atoms with Crippen molar-refractivity contribution in [3.05, 3.63) is 59.9 Å². The van der Waals surface area contributed by atoms with E-state index in [0.29, 0.717) is 43.9 Å². The second-order valence-electron chi connectivity index (χ2n) is 6.60. The Kier molecular flexibility index (Phi) is 6.31. The van der Waals surface area contributed by atoms with Crippen LogP contribution in [0.25, 0.3) is 0 Å². The summed E-state index contributed by atoms with van der Waals surface area (Å²) in [5.41, 5.74) is 0.578. The molecule has 1 heterocycles. The van der Waals surface area contributed by atoms with Crippen LogP contribution in [0.2, 0.25) is 0 Å². The Morgan fingerprint density at radius 3 is 2.29 bits per heavy atom. The van der Waals surface area contributed by atoms with Gasteiger partial charge in [0, 0.05) is 24.7 Å². The van der Waals surface area contributed by atoms with E-state index in [4.69, 9.17) is 4.74 Å². The van der Waals surface area contributed by atoms with Crippen LogP contribution in [0.1, 0.15) is 30.1 Å². The predicted octanol–water partition coefficient (Wildman–Crippen LogP) is 2.81. The standard InChI is InChI=1S/C20H23FN2O4S/c1-2-27-18-7-3-15(4-8-18)20(24)23-13-11-17(12-14-23)22-28(25,26)19-9-5-16(21)6-10-19/h3-10,17,22H,2,11-14H2,1H3. The Morgan fingerprint density at radius 1 is 1.11 bits per heavy atom. The van der Waals surface area contributed by atoms with Crippen molar-refractivity contribution in [2.45, 2.75) is 30.7 Å². The zero-order valence-corrected chi connectivity index (χ0v) is 16.4. The molecule has 6 nitrogen and oxygen atoms in total. The van der Waals surface area contributed by atoms with Gasteiger partial charge in [-0.15, -0.1) is 0 Å². The number of nitrogens with zero attached hydrogens (tertiary/aromatic N) is 1. The van der Waals surface area contributed by atoms with E-state index in [1.165, 1.54) is 12.1 Å². The van der Waals surface area contributed by atoms with Crippen molar-refractivity contribution >= 4 is 15.9 Å². The van der Waals surface area contributed by atoms with Crippen LogP contribution in [0.15, 0.2) is 53.4 Å². The third-order valence-electron chi connectivity index (χ3n) is 4.64. The van der Waals surface area contributed by atoms with Crippen molar-refractivity contribution in [1.29, 1.82) is 0 Å². The Morgan fingerprint density at radius 2 is 1.71 bits per heavy atom. The summed E-state index contributed by atoms with van der Waals surface area (Å²) in [6.07, 6.45) is 1.03. The van der Waals surface area contributed by atoms with E-state index in [2.05, 4.69) is 4.72 Å². The van der Waals surface area contributed by atoms with Crippen LogP contribution in [0.5, 0.6) is 5.75 Å². The normalized spacial score (nSPS) is 15.4. The highest BCUT2D eigenvalue weighted by Gasteiger charge is 2.27. The van der Waals surface area contributed by atoms with Gasteiger partial charge in [0.15, 0.2) is 0 Å². The van der Waals surface area contributed by atoms with E-state index in [1.54, 1.807) is 29.2 Å². The fraction of sp³-hybridized carbons (Fsp3) is 0.350. The number of rotatable bonds is 6. The summed E-state index contributed by atoms with van der Waals surface area (Å²) >= 11 is 0. The minimum absolute atomic E-state index is 0.0294. The second-order valence-corrected chi connectivity index (χ2v) is 8.31. The molecule has 1 N–H and O–H groups in total. The van der Waals surface area contributed by atoms with Gasteiger partial charge in [0.25, 0.3) is 5.91 Å². The molecule has 1 aliphatic rings. The molecular weight excluding hydrogens is 383 g/mol. The maximum atomic E-state index is 13.0. The van der Waals surface area contributed by atoms with Crippen molar-refractivity contribution in [3.8, 4) is 5.75 Å². The monoisotopic (exact) mass is 406 g/mol. The molecule has 150 valence electrons. The van der Waals surface area contributed by atoms with E-state index in [-0.39, 0.29) is 16.8 Å². The molecule has 1 aliphatic heterocycles. The predicted molar refractivity (Wildman–Crippen MR) is 103 cm³/mol. The van der Waals surface area contributed by atoms with E-state index in [9.17, 15) is 17.6 Å². The Labute approximate surface area is 164 Å². The number of hydrogen-bond acceptors (Lipinski definition) is 4. The zero-order valence-electron chi connectivity index (χ0n) is 15.6. The quantitative estimate of drug-likeness (QED) is 0.800. The summed E-state index contributed by atoms with van der Waals surface area (Å²) < 4.78 is 45.8. The molecule has 28 heavy (non-hydrogen) atoms.